The van der Waals surface area contributed by atoms with Gasteiger partial charge in [0.25, 0.3) is 0 Å². The summed E-state index contributed by atoms with van der Waals surface area (Å²) in [6.07, 6.45) is 0. The van der Waals surface area contributed by atoms with Crippen LogP contribution in [0.2, 0.25) is 0 Å². The molecule has 0 fully saturated rings. The molecule has 5 heavy (non-hydrogen) atoms. The monoisotopic (exact) mass is 552 g/mol. The quantitative estimate of drug-likeness (QED) is 0.473. The van der Waals surface area contributed by atoms with Crippen molar-refractivity contribution >= 4 is 0 Å². The van der Waals surface area contributed by atoms with E-state index in [4.69, 9.17) is 0 Å². The third kappa shape index (κ3) is 1.56. The molecule has 0 rings (SSSR count). The van der Waals surface area contributed by atoms with Gasteiger partial charge in [-0.05, 0) is 0 Å². The molecule has 40 valence electrons. The summed E-state index contributed by atoms with van der Waals surface area (Å²) in [6, 6.07) is 0. The maximum absolute atomic E-state index is 9.28. The van der Waals surface area contributed by atoms with Crippen molar-refractivity contribution in [2.75, 3.05) is 0 Å². The maximum atomic E-state index is 9.28. The van der Waals surface area contributed by atoms with E-state index in [1.54, 1.807) is 0 Å². The minimum absolute atomic E-state index is 1.58. The third-order valence-electron chi connectivity index (χ3n) is 0.0303. The predicted molar refractivity (Wildman–Crippen MR) is 2.46 cm³/mol. The topological polar surface area (TPSA) is 43.4 Å². The van der Waals surface area contributed by atoms with Gasteiger partial charge in [0.2, 0.25) is 0 Å². The molecule has 0 N–H and O–H groups in total. The molecule has 0 atom stereocenters. The Bertz CT molecular complexity index is 34.2. The molecule has 0 aromatic heterocycles. The van der Waals surface area contributed by atoms with Crippen LogP contribution in [-0.4, -0.2) is 0 Å². The molecule has 5 heteroatoms. The molecular weight excluding hydrogens is 552 g/mol. The summed E-state index contributed by atoms with van der Waals surface area (Å²) in [6.45, 7) is 0. The van der Waals surface area contributed by atoms with Gasteiger partial charge in [-0.3, -0.25) is 0 Å². The second-order valence-corrected chi connectivity index (χ2v) is 4.17. The van der Waals surface area contributed by atoms with Crippen LogP contribution >= 0.6 is 0 Å². The Labute approximate surface area is 17.8 Å². The zero-order valence-electron chi connectivity index (χ0n) is 1.83. The summed E-state index contributed by atoms with van der Waals surface area (Å²) in [5.74, 6) is 0. The van der Waals surface area contributed by atoms with Crippen LogP contribution in [0.25, 0.3) is 0 Å². The van der Waals surface area contributed by atoms with Gasteiger partial charge in [-0.15, -0.1) is 0 Å². The molecule has 0 amide bonds. The summed E-state index contributed by atoms with van der Waals surface area (Å²) in [5.41, 5.74) is 22.6. The normalized spacial score (nSPS) is 4.80. The molecule has 0 aliphatic rings. The van der Waals surface area contributed by atoms with E-state index in [1.807, 2.05) is 0 Å². The van der Waals surface area contributed by atoms with Gasteiger partial charge in [-0.2, -0.15) is 0 Å². The Morgan fingerprint density at radius 2 is 1.60 bits per heavy atom. The molecule has 0 bridgehead atoms. The van der Waals surface area contributed by atoms with E-state index in [9.17, 15) is 11.0 Å². The third-order valence-corrected chi connectivity index (χ3v) is 2.64. The van der Waals surface area contributed by atoms with E-state index in [0.717, 1.165) is 0 Å². The van der Waals surface area contributed by atoms with Gasteiger partial charge in [-0.25, -0.2) is 0 Å². The van der Waals surface area contributed by atoms with Crippen LogP contribution in [0.3, 0.4) is 0 Å². The molecule has 0 heterocycles. The molecule has 0 unspecified atom stereocenters. The summed E-state index contributed by atoms with van der Waals surface area (Å²) < 4.78 is -3.16. The first-order valence-electron chi connectivity index (χ1n) is 0.492. The average molecular weight is 552 g/mol. The van der Waals surface area contributed by atoms with Gasteiger partial charge in [0, 0.05) is 0 Å². The molecule has 0 saturated heterocycles. The Hall–Kier alpha value is -2.44. The van der Waals surface area contributed by atoms with Gasteiger partial charge < -0.3 is 0 Å². The van der Waals surface area contributed by atoms with E-state index in [1.165, 1.54) is 0 Å². The standard InChI is InChI=1S/2Es.3O. The van der Waals surface area contributed by atoms with Gasteiger partial charge >= 0.3 is 16.4 Å². The van der Waals surface area contributed by atoms with E-state index < -0.39 is 0 Å². The molecule has 0 aliphatic heterocycles. The molecule has 0 radical (unpaired) electrons. The molecule has 0 aromatic carbocycles. The summed E-state index contributed by atoms with van der Waals surface area (Å²) in [5, 5.41) is 0. The Balaban J connectivity index is 2.65. The van der Waals surface area contributed by atoms with Gasteiger partial charge in [0.05, 0.1) is 0 Å². The van der Waals surface area contributed by atoms with Crippen molar-refractivity contribution in [3.8, 4) is 0 Å². The van der Waals surface area contributed by atoms with E-state index in [0.29, 0.717) is 0 Å². The van der Waals surface area contributed by atoms with Crippen molar-refractivity contribution in [3.63, 3.8) is 0 Å². The Kier molecular flexibility index (Phi) is 0.799. The van der Waals surface area contributed by atoms with E-state index in [2.05, 4.69) is 5.48 Å². The van der Waals surface area contributed by atoms with Crippen molar-refractivity contribution < 1.29 is 16.4 Å². The van der Waals surface area contributed by atoms with Crippen LogP contribution in [0.15, 0.2) is 0 Å². The fraction of sp³-hybridized carbons (Fsp3) is 0. The van der Waals surface area contributed by atoms with Crippen molar-refractivity contribution in [3.05, 3.63) is 0 Å². The van der Waals surface area contributed by atoms with Crippen molar-refractivity contribution in [2.45, 2.75) is 0 Å². The van der Waals surface area contributed by atoms with Crippen LogP contribution in [0, 0.1) is 0 Å². The zero-order valence-corrected chi connectivity index (χ0v) is 6.85. The van der Waals surface area contributed by atoms with Gasteiger partial charge in [-0.1, -0.05) is 0 Å². The number of hydrogen-bond acceptors (Lipinski definition) is 3. The first-order chi connectivity index (χ1) is 2.41. The van der Waals surface area contributed by atoms with Crippen molar-refractivity contribution in [2.24, 2.45) is 0 Å². The van der Waals surface area contributed by atoms with Crippen molar-refractivity contribution in [1.29, 1.82) is 0 Å². The molecule has 0 saturated carbocycles. The Morgan fingerprint density at radius 3 is 1.60 bits per heavy atom. The second-order valence-electron chi connectivity index (χ2n) is 0.138. The Morgan fingerprint density at radius 1 is 1.20 bits per heavy atom. The number of rotatable bonds is 2. The summed E-state index contributed by atoms with van der Waals surface area (Å²) in [7, 11) is 0. The first-order valence-corrected chi connectivity index (χ1v) is 4.59. The van der Waals surface area contributed by atoms with Crippen LogP contribution in [0.5, 0.6) is 0 Å². The average Bonchev–Trinajstić information content (AvgIpc) is 1.41. The second kappa shape index (κ2) is 1.56. The molecule has 3 nitrogen and oxygen atoms in total. The molecule has 0 aromatic rings. The molecule has 0 spiro atoms. The first kappa shape index (κ1) is 2.56. The van der Waals surface area contributed by atoms with E-state index >= 15 is 0 Å². The summed E-state index contributed by atoms with van der Waals surface area (Å²) in [4.78, 5) is 0. The fourth-order valence-electron chi connectivity index (χ4n) is 0.00619. The number of hydrogen-bond donors (Lipinski definition) is 0. The van der Waals surface area contributed by atoms with E-state index in [-0.39, 0.29) is 0 Å². The van der Waals surface area contributed by atoms with Crippen LogP contribution < -0.4 is 0 Å². The fourth-order valence-corrected chi connectivity index (χ4v) is 0.538. The van der Waals surface area contributed by atoms with Crippen molar-refractivity contribution in [1.82, 2.24) is 0 Å². The zero-order chi connectivity index (χ0) is 4.12. The van der Waals surface area contributed by atoms with Crippen LogP contribution in [0.4, 0.5) is 0 Å². The van der Waals surface area contributed by atoms with Crippen LogP contribution in [0.1, 0.15) is 0 Å². The predicted octanol–water partition coefficient (Wildman–Crippen LogP) is -0.306. The van der Waals surface area contributed by atoms with Crippen LogP contribution in [-0.2, 0) is 16.4 Å². The van der Waals surface area contributed by atoms with Gasteiger partial charge in [0.15, 0.2) is 0 Å². The van der Waals surface area contributed by atoms with Gasteiger partial charge in [0.1, 0.15) is 0 Å². The SMILES string of the molecule is [O]=[Es][O][Es]=[O]. The minimum atomic E-state index is -1.58. The molecular formula is Es2O3. The molecule has 0 aliphatic carbocycles. The summed E-state index contributed by atoms with van der Waals surface area (Å²) >= 11 is 0.